The van der Waals surface area contributed by atoms with E-state index in [0.717, 1.165) is 36.1 Å². The van der Waals surface area contributed by atoms with E-state index in [1.807, 2.05) is 6.08 Å². The van der Waals surface area contributed by atoms with Crippen molar-refractivity contribution in [1.82, 2.24) is 5.32 Å². The van der Waals surface area contributed by atoms with Crippen LogP contribution in [0.1, 0.15) is 32.1 Å². The van der Waals surface area contributed by atoms with E-state index in [2.05, 4.69) is 16.9 Å². The number of nitrogens with zero attached hydrogens (tertiary/aromatic N) is 1. The van der Waals surface area contributed by atoms with E-state index in [1.165, 1.54) is 32.1 Å². The molecule has 3 N–H and O–H groups in total. The Balaban J connectivity index is 0.00000133. The highest BCUT2D eigenvalue weighted by Gasteiger charge is 2.47. The minimum atomic E-state index is 0. The number of nitrogens with one attached hydrogen (secondary N) is 1. The third-order valence-electron chi connectivity index (χ3n) is 5.32. The molecule has 4 bridgehead atoms. The van der Waals surface area contributed by atoms with Crippen LogP contribution in [-0.4, -0.2) is 19.0 Å². The molecule has 4 aliphatic carbocycles. The summed E-state index contributed by atoms with van der Waals surface area (Å²) in [5, 5.41) is 3.06. The Hall–Kier alpha value is -0.260. The summed E-state index contributed by atoms with van der Waals surface area (Å²) in [4.78, 5) is 4.54. The number of guanidine groups is 1. The number of hydrogen-bond acceptors (Lipinski definition) is 1. The largest absolute Gasteiger partial charge is 0.370 e. The third kappa shape index (κ3) is 3.26. The second-order valence-electron chi connectivity index (χ2n) is 6.49. The van der Waals surface area contributed by atoms with Gasteiger partial charge in [0.1, 0.15) is 0 Å². The fraction of sp³-hybridized carbons (Fsp3) is 0.800. The van der Waals surface area contributed by atoms with Crippen molar-refractivity contribution in [2.75, 3.05) is 13.1 Å². The van der Waals surface area contributed by atoms with Gasteiger partial charge in [-0.1, -0.05) is 6.08 Å². The summed E-state index contributed by atoms with van der Waals surface area (Å²) in [7, 11) is 0. The Morgan fingerprint density at radius 1 is 1.16 bits per heavy atom. The van der Waals surface area contributed by atoms with E-state index in [1.54, 1.807) is 0 Å². The average Bonchev–Trinajstić information content (AvgIpc) is 2.34. The SMILES string of the molecule is C=CCNC(N)=NCC1C2CC3CC(C2)CC1C3.I. The first kappa shape index (κ1) is 15.1. The average molecular weight is 375 g/mol. The van der Waals surface area contributed by atoms with Gasteiger partial charge in [0, 0.05) is 13.1 Å². The first-order valence-corrected chi connectivity index (χ1v) is 7.41. The molecule has 0 atom stereocenters. The van der Waals surface area contributed by atoms with Gasteiger partial charge >= 0.3 is 0 Å². The molecule has 3 nitrogen and oxygen atoms in total. The van der Waals surface area contributed by atoms with Gasteiger partial charge in [-0.25, -0.2) is 0 Å². The summed E-state index contributed by atoms with van der Waals surface area (Å²) in [6.07, 6.45) is 9.19. The number of halogens is 1. The number of nitrogens with two attached hydrogens (primary N) is 1. The molecule has 0 aromatic carbocycles. The predicted octanol–water partition coefficient (Wildman–Crippen LogP) is 2.77. The zero-order chi connectivity index (χ0) is 12.5. The summed E-state index contributed by atoms with van der Waals surface area (Å²) in [5.41, 5.74) is 5.85. The van der Waals surface area contributed by atoms with Gasteiger partial charge in [0.15, 0.2) is 5.96 Å². The molecule has 4 rings (SSSR count). The lowest BCUT2D eigenvalue weighted by molar-refractivity contribution is -0.0320. The molecule has 0 aromatic heterocycles. The number of aliphatic imine (C=N–C) groups is 1. The molecule has 0 amide bonds. The van der Waals surface area contributed by atoms with Crippen LogP contribution in [0.3, 0.4) is 0 Å². The molecular formula is C15H26IN3. The summed E-state index contributed by atoms with van der Waals surface area (Å²) in [6, 6.07) is 0. The molecule has 0 heterocycles. The van der Waals surface area contributed by atoms with Gasteiger partial charge in [-0.2, -0.15) is 0 Å². The lowest BCUT2D eigenvalue weighted by atomic mass is 9.52. The molecule has 0 saturated heterocycles. The van der Waals surface area contributed by atoms with Crippen LogP contribution in [0.15, 0.2) is 17.6 Å². The van der Waals surface area contributed by atoms with Crippen LogP contribution >= 0.6 is 24.0 Å². The Morgan fingerprint density at radius 3 is 2.26 bits per heavy atom. The first-order valence-electron chi connectivity index (χ1n) is 7.41. The van der Waals surface area contributed by atoms with E-state index >= 15 is 0 Å². The van der Waals surface area contributed by atoms with Crippen LogP contribution in [0, 0.1) is 29.6 Å². The molecule has 0 aromatic rings. The van der Waals surface area contributed by atoms with E-state index in [4.69, 9.17) is 5.73 Å². The van der Waals surface area contributed by atoms with E-state index in [0.29, 0.717) is 12.5 Å². The van der Waals surface area contributed by atoms with Crippen molar-refractivity contribution >= 4 is 29.9 Å². The topological polar surface area (TPSA) is 50.4 Å². The van der Waals surface area contributed by atoms with E-state index in [-0.39, 0.29) is 24.0 Å². The minimum absolute atomic E-state index is 0. The molecule has 4 heteroatoms. The zero-order valence-electron chi connectivity index (χ0n) is 11.6. The van der Waals surface area contributed by atoms with Crippen LogP contribution < -0.4 is 11.1 Å². The van der Waals surface area contributed by atoms with Gasteiger partial charge in [-0.3, -0.25) is 4.99 Å². The monoisotopic (exact) mass is 375 g/mol. The highest BCUT2D eigenvalue weighted by atomic mass is 127. The summed E-state index contributed by atoms with van der Waals surface area (Å²) in [6.45, 7) is 5.31. The van der Waals surface area contributed by atoms with E-state index in [9.17, 15) is 0 Å². The Morgan fingerprint density at radius 2 is 1.74 bits per heavy atom. The highest BCUT2D eigenvalue weighted by Crippen LogP contribution is 2.56. The van der Waals surface area contributed by atoms with Crippen molar-refractivity contribution in [2.24, 2.45) is 40.3 Å². The highest BCUT2D eigenvalue weighted by molar-refractivity contribution is 14.0. The molecule has 19 heavy (non-hydrogen) atoms. The van der Waals surface area contributed by atoms with Gasteiger partial charge < -0.3 is 11.1 Å². The van der Waals surface area contributed by atoms with Crippen molar-refractivity contribution in [3.63, 3.8) is 0 Å². The Kier molecular flexibility index (Phi) is 5.15. The van der Waals surface area contributed by atoms with Crippen LogP contribution in [0.2, 0.25) is 0 Å². The van der Waals surface area contributed by atoms with Gasteiger partial charge in [0.05, 0.1) is 0 Å². The summed E-state index contributed by atoms with van der Waals surface area (Å²) >= 11 is 0. The Bertz CT molecular complexity index is 325. The first-order chi connectivity index (χ1) is 8.76. The maximum Gasteiger partial charge on any atom is 0.188 e. The van der Waals surface area contributed by atoms with Gasteiger partial charge in [-0.15, -0.1) is 30.6 Å². The van der Waals surface area contributed by atoms with Crippen LogP contribution in [-0.2, 0) is 0 Å². The van der Waals surface area contributed by atoms with Crippen molar-refractivity contribution in [1.29, 1.82) is 0 Å². The molecule has 4 saturated carbocycles. The molecule has 4 fully saturated rings. The molecule has 0 spiro atoms. The van der Waals surface area contributed by atoms with Crippen molar-refractivity contribution in [2.45, 2.75) is 32.1 Å². The normalized spacial score (nSPS) is 39.8. The quantitative estimate of drug-likeness (QED) is 0.344. The predicted molar refractivity (Wildman–Crippen MR) is 90.6 cm³/mol. The smallest absolute Gasteiger partial charge is 0.188 e. The molecule has 0 unspecified atom stereocenters. The molecule has 0 radical (unpaired) electrons. The minimum Gasteiger partial charge on any atom is -0.370 e. The molecule has 0 aliphatic heterocycles. The fourth-order valence-corrected chi connectivity index (χ4v) is 4.77. The van der Waals surface area contributed by atoms with Gasteiger partial charge in [0.2, 0.25) is 0 Å². The van der Waals surface area contributed by atoms with Crippen molar-refractivity contribution in [3.05, 3.63) is 12.7 Å². The zero-order valence-corrected chi connectivity index (χ0v) is 13.9. The molecule has 108 valence electrons. The molecule has 4 aliphatic rings. The summed E-state index contributed by atoms with van der Waals surface area (Å²) in [5.74, 6) is 5.37. The number of hydrogen-bond donors (Lipinski definition) is 2. The lowest BCUT2D eigenvalue weighted by Gasteiger charge is -2.54. The maximum absolute atomic E-state index is 5.85. The maximum atomic E-state index is 5.85. The fourth-order valence-electron chi connectivity index (χ4n) is 4.77. The van der Waals surface area contributed by atoms with Gasteiger partial charge in [-0.05, 0) is 61.7 Å². The lowest BCUT2D eigenvalue weighted by Crippen LogP contribution is -2.46. The van der Waals surface area contributed by atoms with Gasteiger partial charge in [0.25, 0.3) is 0 Å². The van der Waals surface area contributed by atoms with Crippen molar-refractivity contribution < 1.29 is 0 Å². The van der Waals surface area contributed by atoms with Crippen LogP contribution in [0.5, 0.6) is 0 Å². The van der Waals surface area contributed by atoms with E-state index < -0.39 is 0 Å². The standard InChI is InChI=1S/C15H25N3.HI/c1-2-3-17-15(16)18-9-14-12-5-10-4-11(7-12)8-13(14)6-10;/h2,10-14H,1,3-9H2,(H3,16,17,18);1H. The second-order valence-corrected chi connectivity index (χ2v) is 6.49. The number of rotatable bonds is 4. The second kappa shape index (κ2) is 6.46. The van der Waals surface area contributed by atoms with Crippen molar-refractivity contribution in [3.8, 4) is 0 Å². The van der Waals surface area contributed by atoms with Crippen LogP contribution in [0.4, 0.5) is 0 Å². The third-order valence-corrected chi connectivity index (χ3v) is 5.32. The Labute approximate surface area is 133 Å². The van der Waals surface area contributed by atoms with Crippen LogP contribution in [0.25, 0.3) is 0 Å². The summed E-state index contributed by atoms with van der Waals surface area (Å²) < 4.78 is 0. The molecular weight excluding hydrogens is 349 g/mol.